The predicted molar refractivity (Wildman–Crippen MR) is 112 cm³/mol. The number of para-hydroxylation sites is 1. The maximum absolute atomic E-state index is 12.4. The SMILES string of the molecule is O=C(/C=C/c1ccc(COc2ccccc2Cl)o1)c1ccc2ccccc2c1. The molecule has 138 valence electrons. The van der Waals surface area contributed by atoms with Gasteiger partial charge in [-0.15, -0.1) is 0 Å². The molecular formula is C24H17ClO3. The first kappa shape index (κ1) is 18.1. The van der Waals surface area contributed by atoms with Crippen molar-refractivity contribution in [3.8, 4) is 5.75 Å². The molecule has 0 radical (unpaired) electrons. The van der Waals surface area contributed by atoms with E-state index in [9.17, 15) is 4.79 Å². The third-order valence-electron chi connectivity index (χ3n) is 4.32. The number of rotatable bonds is 6. The second kappa shape index (κ2) is 8.15. The van der Waals surface area contributed by atoms with Gasteiger partial charge in [0.05, 0.1) is 5.02 Å². The van der Waals surface area contributed by atoms with Gasteiger partial charge in [0.2, 0.25) is 0 Å². The third kappa shape index (κ3) is 4.16. The molecule has 0 N–H and O–H groups in total. The molecule has 1 heterocycles. The Kier molecular flexibility index (Phi) is 5.27. The standard InChI is InChI=1S/C24H17ClO3/c25-22-7-3-4-8-24(22)27-16-21-12-11-20(28-21)13-14-23(26)19-10-9-17-5-1-2-6-18(17)15-19/h1-15H,16H2/b14-13+. The summed E-state index contributed by atoms with van der Waals surface area (Å²) in [5, 5.41) is 2.70. The lowest BCUT2D eigenvalue weighted by molar-refractivity contribution is 0.104. The molecule has 0 saturated heterocycles. The fourth-order valence-corrected chi connectivity index (χ4v) is 3.06. The van der Waals surface area contributed by atoms with Crippen LogP contribution in [0.5, 0.6) is 5.75 Å². The highest BCUT2D eigenvalue weighted by atomic mass is 35.5. The molecule has 3 aromatic carbocycles. The average molecular weight is 389 g/mol. The first-order chi connectivity index (χ1) is 13.7. The molecule has 4 rings (SSSR count). The zero-order chi connectivity index (χ0) is 19.3. The van der Waals surface area contributed by atoms with Crippen LogP contribution in [0.15, 0.2) is 89.4 Å². The Hall–Kier alpha value is -3.30. The van der Waals surface area contributed by atoms with Crippen molar-refractivity contribution in [2.75, 3.05) is 0 Å². The molecule has 0 saturated carbocycles. The third-order valence-corrected chi connectivity index (χ3v) is 4.63. The highest BCUT2D eigenvalue weighted by Gasteiger charge is 2.06. The largest absolute Gasteiger partial charge is 0.484 e. The number of hydrogen-bond acceptors (Lipinski definition) is 3. The summed E-state index contributed by atoms with van der Waals surface area (Å²) in [5.74, 6) is 1.77. The molecule has 0 aliphatic rings. The quantitative estimate of drug-likeness (QED) is 0.277. The lowest BCUT2D eigenvalue weighted by atomic mass is 10.0. The second-order valence-corrected chi connectivity index (χ2v) is 6.69. The van der Waals surface area contributed by atoms with E-state index < -0.39 is 0 Å². The molecule has 0 spiro atoms. The monoisotopic (exact) mass is 388 g/mol. The molecule has 0 aliphatic carbocycles. The van der Waals surface area contributed by atoms with Gasteiger partial charge in [0.1, 0.15) is 23.9 Å². The highest BCUT2D eigenvalue weighted by Crippen LogP contribution is 2.24. The Morgan fingerprint density at radius 1 is 0.929 bits per heavy atom. The number of benzene rings is 3. The molecule has 0 aliphatic heterocycles. The second-order valence-electron chi connectivity index (χ2n) is 6.28. The van der Waals surface area contributed by atoms with Crippen LogP contribution in [-0.2, 0) is 6.61 Å². The maximum Gasteiger partial charge on any atom is 0.185 e. The fraction of sp³-hybridized carbons (Fsp3) is 0.0417. The minimum Gasteiger partial charge on any atom is -0.484 e. The lowest BCUT2D eigenvalue weighted by Crippen LogP contribution is -1.94. The van der Waals surface area contributed by atoms with Crippen LogP contribution in [0.25, 0.3) is 16.8 Å². The zero-order valence-corrected chi connectivity index (χ0v) is 15.7. The van der Waals surface area contributed by atoms with Gasteiger partial charge in [-0.3, -0.25) is 4.79 Å². The van der Waals surface area contributed by atoms with Gasteiger partial charge < -0.3 is 9.15 Å². The van der Waals surface area contributed by atoms with Crippen molar-refractivity contribution in [3.63, 3.8) is 0 Å². The van der Waals surface area contributed by atoms with Crippen molar-refractivity contribution in [3.05, 3.63) is 107 Å². The van der Waals surface area contributed by atoms with Gasteiger partial charge >= 0.3 is 0 Å². The minimum atomic E-state index is -0.0731. The zero-order valence-electron chi connectivity index (χ0n) is 15.0. The van der Waals surface area contributed by atoms with Crippen molar-refractivity contribution in [2.45, 2.75) is 6.61 Å². The fourth-order valence-electron chi connectivity index (χ4n) is 2.87. The van der Waals surface area contributed by atoms with Gasteiger partial charge in [0.15, 0.2) is 5.78 Å². The molecule has 0 bridgehead atoms. The summed E-state index contributed by atoms with van der Waals surface area (Å²) in [6.45, 7) is 0.260. The first-order valence-electron chi connectivity index (χ1n) is 8.86. The van der Waals surface area contributed by atoms with Gasteiger partial charge in [-0.05, 0) is 53.3 Å². The number of hydrogen-bond donors (Lipinski definition) is 0. The highest BCUT2D eigenvalue weighted by molar-refractivity contribution is 6.32. The van der Waals surface area contributed by atoms with Crippen molar-refractivity contribution in [1.82, 2.24) is 0 Å². The Morgan fingerprint density at radius 3 is 2.57 bits per heavy atom. The normalized spacial score (nSPS) is 11.2. The van der Waals surface area contributed by atoms with Crippen molar-refractivity contribution in [2.24, 2.45) is 0 Å². The predicted octanol–water partition coefficient (Wildman–Crippen LogP) is 6.56. The summed E-state index contributed by atoms with van der Waals surface area (Å²) < 4.78 is 11.3. The minimum absolute atomic E-state index is 0.0731. The number of ketones is 1. The number of halogens is 1. The van der Waals surface area contributed by atoms with Crippen molar-refractivity contribution in [1.29, 1.82) is 0 Å². The average Bonchev–Trinajstić information content (AvgIpc) is 3.19. The van der Waals surface area contributed by atoms with Gasteiger partial charge in [0.25, 0.3) is 0 Å². The summed E-state index contributed by atoms with van der Waals surface area (Å²) >= 11 is 6.07. The van der Waals surface area contributed by atoms with Crippen LogP contribution in [0.2, 0.25) is 5.02 Å². The number of furan rings is 1. The van der Waals surface area contributed by atoms with E-state index in [0.717, 1.165) is 10.8 Å². The first-order valence-corrected chi connectivity index (χ1v) is 9.24. The Morgan fingerprint density at radius 2 is 1.71 bits per heavy atom. The molecule has 4 aromatic rings. The summed E-state index contributed by atoms with van der Waals surface area (Å²) in [6.07, 6.45) is 3.18. The molecule has 0 fully saturated rings. The summed E-state index contributed by atoms with van der Waals surface area (Å²) in [7, 11) is 0. The van der Waals surface area contributed by atoms with E-state index in [-0.39, 0.29) is 12.4 Å². The molecule has 0 amide bonds. The Balaban J connectivity index is 1.41. The van der Waals surface area contributed by atoms with Gasteiger partial charge in [-0.1, -0.05) is 60.1 Å². The van der Waals surface area contributed by atoms with Crippen LogP contribution in [0.3, 0.4) is 0 Å². The molecule has 28 heavy (non-hydrogen) atoms. The molecule has 3 nitrogen and oxygen atoms in total. The molecule has 0 unspecified atom stereocenters. The van der Waals surface area contributed by atoms with Gasteiger partial charge in [-0.25, -0.2) is 0 Å². The Bertz CT molecular complexity index is 1160. The number of carbonyl (C=O) groups is 1. The van der Waals surface area contributed by atoms with Gasteiger partial charge in [0, 0.05) is 5.56 Å². The van der Waals surface area contributed by atoms with E-state index in [1.54, 1.807) is 24.3 Å². The maximum atomic E-state index is 12.4. The Labute approximate surface area is 167 Å². The van der Waals surface area contributed by atoms with E-state index in [1.807, 2.05) is 60.7 Å². The number of allylic oxidation sites excluding steroid dienone is 1. The summed E-state index contributed by atoms with van der Waals surface area (Å²) in [6, 6.07) is 24.5. The van der Waals surface area contributed by atoms with Crippen LogP contribution in [0.4, 0.5) is 0 Å². The van der Waals surface area contributed by atoms with E-state index in [1.165, 1.54) is 6.08 Å². The van der Waals surface area contributed by atoms with Crippen LogP contribution >= 0.6 is 11.6 Å². The molecule has 4 heteroatoms. The summed E-state index contributed by atoms with van der Waals surface area (Å²) in [4.78, 5) is 12.4. The number of carbonyl (C=O) groups excluding carboxylic acids is 1. The van der Waals surface area contributed by atoms with E-state index in [0.29, 0.717) is 27.9 Å². The van der Waals surface area contributed by atoms with Crippen LogP contribution < -0.4 is 4.74 Å². The lowest BCUT2D eigenvalue weighted by Gasteiger charge is -2.05. The number of fused-ring (bicyclic) bond motifs is 1. The molecule has 1 aromatic heterocycles. The van der Waals surface area contributed by atoms with E-state index >= 15 is 0 Å². The van der Waals surface area contributed by atoms with E-state index in [4.69, 9.17) is 20.8 Å². The topological polar surface area (TPSA) is 39.4 Å². The molecular weight excluding hydrogens is 372 g/mol. The van der Waals surface area contributed by atoms with Crippen LogP contribution in [-0.4, -0.2) is 5.78 Å². The van der Waals surface area contributed by atoms with Crippen molar-refractivity contribution >= 4 is 34.2 Å². The van der Waals surface area contributed by atoms with Crippen molar-refractivity contribution < 1.29 is 13.9 Å². The number of ether oxygens (including phenoxy) is 1. The smallest absolute Gasteiger partial charge is 0.185 e. The van der Waals surface area contributed by atoms with E-state index in [2.05, 4.69) is 0 Å². The summed E-state index contributed by atoms with van der Waals surface area (Å²) in [5.41, 5.74) is 0.642. The molecule has 0 atom stereocenters. The van der Waals surface area contributed by atoms with Gasteiger partial charge in [-0.2, -0.15) is 0 Å². The van der Waals surface area contributed by atoms with Crippen LogP contribution in [0.1, 0.15) is 21.9 Å². The van der Waals surface area contributed by atoms with Crippen LogP contribution in [0, 0.1) is 0 Å².